The molecule has 18 heavy (non-hydrogen) atoms. The van der Waals surface area contributed by atoms with Crippen LogP contribution in [0, 0.1) is 5.82 Å². The van der Waals surface area contributed by atoms with E-state index in [1.165, 1.54) is 12.1 Å². The quantitative estimate of drug-likeness (QED) is 0.671. The van der Waals surface area contributed by atoms with Gasteiger partial charge in [0.05, 0.1) is 4.90 Å². The van der Waals surface area contributed by atoms with Gasteiger partial charge in [-0.05, 0) is 45.0 Å². The highest BCUT2D eigenvalue weighted by atomic mass is 32.2. The normalized spacial score (nSPS) is 11.4. The van der Waals surface area contributed by atoms with E-state index in [0.717, 1.165) is 12.1 Å². The Morgan fingerprint density at radius 2 is 1.56 bits per heavy atom. The first-order chi connectivity index (χ1) is 8.12. The first-order valence-electron chi connectivity index (χ1n) is 5.13. The van der Waals surface area contributed by atoms with Crippen molar-refractivity contribution >= 4 is 17.7 Å². The van der Waals surface area contributed by atoms with Gasteiger partial charge in [0, 0.05) is 5.54 Å². The maximum Gasteiger partial charge on any atom is 0.432 e. The number of halogens is 1. The zero-order valence-electron chi connectivity index (χ0n) is 10.5. The summed E-state index contributed by atoms with van der Waals surface area (Å²) in [5, 5.41) is 14.2. The van der Waals surface area contributed by atoms with Crippen LogP contribution < -0.4 is 4.72 Å². The second-order valence-corrected chi connectivity index (χ2v) is 6.13. The van der Waals surface area contributed by atoms with Gasteiger partial charge in [0.25, 0.3) is 0 Å². The predicted octanol–water partition coefficient (Wildman–Crippen LogP) is 0.140. The molecule has 102 valence electrons. The first kappa shape index (κ1) is 17.0. The van der Waals surface area contributed by atoms with Crippen molar-refractivity contribution in [3.63, 3.8) is 0 Å². The average Bonchev–Trinajstić information content (AvgIpc) is 2.15. The van der Waals surface area contributed by atoms with Gasteiger partial charge in [-0.1, -0.05) is 0 Å². The first-order valence-corrected chi connectivity index (χ1v) is 6.62. The van der Waals surface area contributed by atoms with Gasteiger partial charge in [-0.25, -0.2) is 17.5 Å². The summed E-state index contributed by atoms with van der Waals surface area (Å²) in [5.74, 6) is -0.454. The molecule has 3 N–H and O–H groups in total. The average molecular weight is 277 g/mol. The van der Waals surface area contributed by atoms with Gasteiger partial charge < -0.3 is 10.0 Å². The molecule has 0 bridgehead atoms. The summed E-state index contributed by atoms with van der Waals surface area (Å²) in [5.41, 5.74) is -0.548. The molecule has 0 fully saturated rings. The van der Waals surface area contributed by atoms with E-state index >= 15 is 0 Å². The Hall–Kier alpha value is -0.955. The lowest BCUT2D eigenvalue weighted by Crippen LogP contribution is -2.40. The number of hydrogen-bond acceptors (Lipinski definition) is 4. The van der Waals surface area contributed by atoms with Crippen molar-refractivity contribution in [2.75, 3.05) is 0 Å². The van der Waals surface area contributed by atoms with Crippen molar-refractivity contribution in [3.05, 3.63) is 30.1 Å². The fourth-order valence-corrected chi connectivity index (χ4v) is 2.49. The van der Waals surface area contributed by atoms with Gasteiger partial charge in [0.2, 0.25) is 10.0 Å². The molecule has 0 aromatic heterocycles. The molecule has 0 atom stereocenters. The molecule has 0 aliphatic carbocycles. The summed E-state index contributed by atoms with van der Waals surface area (Å²) in [7, 11) is -4.30. The number of benzene rings is 1. The molecule has 0 radical (unpaired) electrons. The van der Waals surface area contributed by atoms with Crippen LogP contribution in [0.3, 0.4) is 0 Å². The van der Waals surface area contributed by atoms with Crippen molar-refractivity contribution in [1.29, 1.82) is 0 Å². The van der Waals surface area contributed by atoms with Gasteiger partial charge in [0.1, 0.15) is 5.82 Å². The van der Waals surface area contributed by atoms with Crippen molar-refractivity contribution in [2.45, 2.75) is 31.2 Å². The second kappa shape index (κ2) is 6.84. The van der Waals surface area contributed by atoms with Crippen molar-refractivity contribution in [2.24, 2.45) is 0 Å². The number of rotatable bonds is 2. The SMILES string of the molecule is CC(C)(C)NS(=O)(=O)c1ccc(F)cc1.OBO. The summed E-state index contributed by atoms with van der Waals surface area (Å²) in [6, 6.07) is 4.72. The molecule has 0 spiro atoms. The van der Waals surface area contributed by atoms with Gasteiger partial charge in [-0.2, -0.15) is 0 Å². The van der Waals surface area contributed by atoms with Crippen molar-refractivity contribution < 1.29 is 22.9 Å². The zero-order chi connectivity index (χ0) is 14.4. The van der Waals surface area contributed by atoms with E-state index in [0.29, 0.717) is 0 Å². The Kier molecular flexibility index (Phi) is 6.48. The smallest absolute Gasteiger partial charge is 0.430 e. The molecular formula is C10H17BFNO4S. The minimum atomic E-state index is -3.55. The molecular weight excluding hydrogens is 260 g/mol. The number of nitrogens with one attached hydrogen (secondary N) is 1. The van der Waals surface area contributed by atoms with Crippen LogP contribution in [0.25, 0.3) is 0 Å². The molecule has 5 nitrogen and oxygen atoms in total. The van der Waals surface area contributed by atoms with E-state index in [1.807, 2.05) is 0 Å². The Labute approximate surface area is 107 Å². The summed E-state index contributed by atoms with van der Waals surface area (Å²) >= 11 is 0. The third-order valence-corrected chi connectivity index (χ3v) is 3.34. The maximum atomic E-state index is 12.6. The molecule has 0 unspecified atom stereocenters. The molecule has 8 heteroatoms. The topological polar surface area (TPSA) is 86.6 Å². The standard InChI is InChI=1S/C10H14FNO2S.BH3O2/c1-10(2,3)12-15(13,14)9-6-4-8(11)5-7-9;2-1-3/h4-7,12H,1-3H3;1-3H. The Morgan fingerprint density at radius 1 is 1.17 bits per heavy atom. The van der Waals surface area contributed by atoms with E-state index in [9.17, 15) is 12.8 Å². The highest BCUT2D eigenvalue weighted by molar-refractivity contribution is 7.89. The third-order valence-electron chi connectivity index (χ3n) is 1.56. The van der Waals surface area contributed by atoms with E-state index < -0.39 is 29.1 Å². The van der Waals surface area contributed by atoms with Crippen LogP contribution in [0.15, 0.2) is 29.2 Å². The maximum absolute atomic E-state index is 12.6. The zero-order valence-corrected chi connectivity index (χ0v) is 11.3. The Balaban J connectivity index is 0.000000873. The van der Waals surface area contributed by atoms with E-state index in [2.05, 4.69) is 4.72 Å². The highest BCUT2D eigenvalue weighted by Gasteiger charge is 2.21. The number of hydrogen-bond donors (Lipinski definition) is 3. The monoisotopic (exact) mass is 277 g/mol. The van der Waals surface area contributed by atoms with Gasteiger partial charge in [0.15, 0.2) is 0 Å². The molecule has 1 aromatic carbocycles. The third kappa shape index (κ3) is 6.70. The largest absolute Gasteiger partial charge is 0.432 e. The Morgan fingerprint density at radius 3 is 1.89 bits per heavy atom. The van der Waals surface area contributed by atoms with Crippen LogP contribution in [0.2, 0.25) is 0 Å². The molecule has 0 saturated carbocycles. The van der Waals surface area contributed by atoms with Crippen molar-refractivity contribution in [3.8, 4) is 0 Å². The van der Waals surface area contributed by atoms with Gasteiger partial charge >= 0.3 is 7.69 Å². The van der Waals surface area contributed by atoms with Crippen LogP contribution in [-0.2, 0) is 10.0 Å². The molecule has 1 rings (SSSR count). The minimum Gasteiger partial charge on any atom is -0.430 e. The Bertz CT molecular complexity index is 456. The van der Waals surface area contributed by atoms with E-state index in [1.54, 1.807) is 20.8 Å². The van der Waals surface area contributed by atoms with Crippen LogP contribution >= 0.6 is 0 Å². The van der Waals surface area contributed by atoms with Crippen LogP contribution in [0.4, 0.5) is 4.39 Å². The van der Waals surface area contributed by atoms with E-state index in [4.69, 9.17) is 10.0 Å². The molecule has 1 aromatic rings. The molecule has 0 amide bonds. The van der Waals surface area contributed by atoms with Crippen LogP contribution in [0.1, 0.15) is 20.8 Å². The second-order valence-electron chi connectivity index (χ2n) is 4.45. The molecule has 0 aliphatic rings. The highest BCUT2D eigenvalue weighted by Crippen LogP contribution is 2.12. The van der Waals surface area contributed by atoms with Crippen LogP contribution in [-0.4, -0.2) is 31.7 Å². The summed E-state index contributed by atoms with van der Waals surface area (Å²) in [6.07, 6.45) is 0. The number of sulfonamides is 1. The summed E-state index contributed by atoms with van der Waals surface area (Å²) in [6.45, 7) is 5.23. The fourth-order valence-electron chi connectivity index (χ4n) is 1.08. The summed E-state index contributed by atoms with van der Waals surface area (Å²) in [4.78, 5) is 0.0684. The van der Waals surface area contributed by atoms with Gasteiger partial charge in [-0.3, -0.25) is 0 Å². The molecule has 0 saturated heterocycles. The van der Waals surface area contributed by atoms with Gasteiger partial charge in [-0.15, -0.1) is 0 Å². The molecule has 0 heterocycles. The minimum absolute atomic E-state index is 0.0684. The predicted molar refractivity (Wildman–Crippen MR) is 68.1 cm³/mol. The summed E-state index contributed by atoms with van der Waals surface area (Å²) < 4.78 is 38.5. The lowest BCUT2D eigenvalue weighted by molar-refractivity contribution is 0.448. The lowest BCUT2D eigenvalue weighted by atomic mass is 10.1. The van der Waals surface area contributed by atoms with E-state index in [-0.39, 0.29) is 4.90 Å². The van der Waals surface area contributed by atoms with Crippen LogP contribution in [0.5, 0.6) is 0 Å². The van der Waals surface area contributed by atoms with Crippen molar-refractivity contribution in [1.82, 2.24) is 4.72 Å². The fraction of sp³-hybridized carbons (Fsp3) is 0.400. The molecule has 0 aliphatic heterocycles. The lowest BCUT2D eigenvalue weighted by Gasteiger charge is -2.20.